The Morgan fingerprint density at radius 3 is 2.62 bits per heavy atom. The summed E-state index contributed by atoms with van der Waals surface area (Å²) in [6.07, 6.45) is 0. The van der Waals surface area contributed by atoms with Gasteiger partial charge in [0.25, 0.3) is 0 Å². The number of rotatable bonds is 3. The maximum absolute atomic E-state index is 12.0. The van der Waals surface area contributed by atoms with Crippen molar-refractivity contribution in [3.63, 3.8) is 0 Å². The Morgan fingerprint density at radius 1 is 1.10 bits per heavy atom. The number of hydrogen-bond donors (Lipinski definition) is 1. The van der Waals surface area contributed by atoms with Crippen LogP contribution >= 0.6 is 11.6 Å². The highest BCUT2D eigenvalue weighted by Crippen LogP contribution is 2.31. The Morgan fingerprint density at radius 2 is 1.86 bits per heavy atom. The van der Waals surface area contributed by atoms with E-state index >= 15 is 0 Å². The van der Waals surface area contributed by atoms with Crippen LogP contribution in [0.15, 0.2) is 57.7 Å². The summed E-state index contributed by atoms with van der Waals surface area (Å²) in [5, 5.41) is 1.16. The summed E-state index contributed by atoms with van der Waals surface area (Å²) in [6, 6.07) is 14.4. The van der Waals surface area contributed by atoms with E-state index in [-0.39, 0.29) is 17.6 Å². The van der Waals surface area contributed by atoms with Gasteiger partial charge in [0.05, 0.1) is 5.39 Å². The Labute approximate surface area is 125 Å². The fourth-order valence-electron chi connectivity index (χ4n) is 2.03. The molecule has 21 heavy (non-hydrogen) atoms. The molecule has 0 bridgehead atoms. The number of anilines is 1. The SMILES string of the molecule is Nc1ccc2c(Cl)c(OCc3ccccc3)oc(=O)c2c1. The lowest BCUT2D eigenvalue weighted by Gasteiger charge is -2.08. The molecule has 0 saturated carbocycles. The third-order valence-electron chi connectivity index (χ3n) is 3.08. The lowest BCUT2D eigenvalue weighted by Crippen LogP contribution is -2.04. The lowest BCUT2D eigenvalue weighted by atomic mass is 10.1. The van der Waals surface area contributed by atoms with Crippen LogP contribution in [0.1, 0.15) is 5.56 Å². The zero-order valence-corrected chi connectivity index (χ0v) is 11.8. The lowest BCUT2D eigenvalue weighted by molar-refractivity contribution is 0.222. The van der Waals surface area contributed by atoms with E-state index in [0.717, 1.165) is 5.56 Å². The van der Waals surface area contributed by atoms with Crippen molar-refractivity contribution in [2.45, 2.75) is 6.61 Å². The summed E-state index contributed by atoms with van der Waals surface area (Å²) < 4.78 is 10.6. The molecule has 0 radical (unpaired) electrons. The molecule has 0 spiro atoms. The zero-order valence-electron chi connectivity index (χ0n) is 11.0. The number of halogens is 1. The van der Waals surface area contributed by atoms with Crippen molar-refractivity contribution in [1.82, 2.24) is 0 Å². The molecule has 0 aliphatic heterocycles. The van der Waals surface area contributed by atoms with Gasteiger partial charge in [0.15, 0.2) is 0 Å². The van der Waals surface area contributed by atoms with Crippen molar-refractivity contribution in [2.75, 3.05) is 5.73 Å². The second-order valence-corrected chi connectivity index (χ2v) is 4.95. The van der Waals surface area contributed by atoms with Crippen molar-refractivity contribution in [1.29, 1.82) is 0 Å². The highest BCUT2D eigenvalue weighted by Gasteiger charge is 2.13. The number of ether oxygens (including phenoxy) is 1. The molecule has 1 heterocycles. The molecule has 0 amide bonds. The Balaban J connectivity index is 1.98. The minimum atomic E-state index is -0.523. The van der Waals surface area contributed by atoms with Crippen molar-refractivity contribution in [2.24, 2.45) is 0 Å². The van der Waals surface area contributed by atoms with Crippen LogP contribution in [0.25, 0.3) is 10.8 Å². The first-order valence-corrected chi connectivity index (χ1v) is 6.71. The average molecular weight is 302 g/mol. The van der Waals surface area contributed by atoms with Gasteiger partial charge in [-0.1, -0.05) is 48.0 Å². The highest BCUT2D eigenvalue weighted by atomic mass is 35.5. The molecule has 0 aliphatic rings. The first kappa shape index (κ1) is 13.5. The minimum Gasteiger partial charge on any atom is -0.459 e. The van der Waals surface area contributed by atoms with E-state index < -0.39 is 5.63 Å². The van der Waals surface area contributed by atoms with E-state index in [1.165, 1.54) is 6.07 Å². The van der Waals surface area contributed by atoms with Crippen LogP contribution in [0.5, 0.6) is 5.95 Å². The van der Waals surface area contributed by atoms with Gasteiger partial charge in [0, 0.05) is 11.1 Å². The first-order chi connectivity index (χ1) is 10.1. The normalized spacial score (nSPS) is 10.7. The first-order valence-electron chi connectivity index (χ1n) is 6.34. The second-order valence-electron chi connectivity index (χ2n) is 4.57. The average Bonchev–Trinajstić information content (AvgIpc) is 2.50. The standard InChI is InChI=1S/C16H12ClNO3/c17-14-12-7-6-11(18)8-13(12)15(19)21-16(14)20-9-10-4-2-1-3-5-10/h1-8H,9,18H2. The molecule has 0 aliphatic carbocycles. The molecular formula is C16H12ClNO3. The fraction of sp³-hybridized carbons (Fsp3) is 0.0625. The molecule has 3 rings (SSSR count). The van der Waals surface area contributed by atoms with Crippen molar-refractivity contribution < 1.29 is 9.15 Å². The number of fused-ring (bicyclic) bond motifs is 1. The van der Waals surface area contributed by atoms with E-state index in [1.807, 2.05) is 30.3 Å². The Hall–Kier alpha value is -2.46. The topological polar surface area (TPSA) is 65.5 Å². The molecular weight excluding hydrogens is 290 g/mol. The molecule has 106 valence electrons. The second kappa shape index (κ2) is 5.50. The quantitative estimate of drug-likeness (QED) is 0.751. The van der Waals surface area contributed by atoms with Gasteiger partial charge in [-0.3, -0.25) is 0 Å². The number of hydrogen-bond acceptors (Lipinski definition) is 4. The molecule has 0 atom stereocenters. The molecule has 1 aromatic heterocycles. The van der Waals surface area contributed by atoms with Gasteiger partial charge in [-0.15, -0.1) is 0 Å². The molecule has 3 aromatic rings. The van der Waals surface area contributed by atoms with Crippen LogP contribution in [-0.4, -0.2) is 0 Å². The van der Waals surface area contributed by atoms with Crippen LogP contribution in [-0.2, 0) is 6.61 Å². The van der Waals surface area contributed by atoms with Crippen LogP contribution in [0.4, 0.5) is 5.69 Å². The monoisotopic (exact) mass is 301 g/mol. The smallest absolute Gasteiger partial charge is 0.346 e. The summed E-state index contributed by atoms with van der Waals surface area (Å²) in [5.41, 5.74) is 6.57. The molecule has 4 nitrogen and oxygen atoms in total. The summed E-state index contributed by atoms with van der Waals surface area (Å²) in [7, 11) is 0. The summed E-state index contributed by atoms with van der Waals surface area (Å²) in [4.78, 5) is 12.0. The van der Waals surface area contributed by atoms with E-state index in [9.17, 15) is 4.79 Å². The highest BCUT2D eigenvalue weighted by molar-refractivity contribution is 6.36. The molecule has 0 fully saturated rings. The van der Waals surface area contributed by atoms with E-state index in [2.05, 4.69) is 0 Å². The minimum absolute atomic E-state index is 0.0165. The number of benzene rings is 2. The summed E-state index contributed by atoms with van der Waals surface area (Å²) >= 11 is 6.23. The van der Waals surface area contributed by atoms with E-state index in [4.69, 9.17) is 26.5 Å². The van der Waals surface area contributed by atoms with Gasteiger partial charge in [-0.05, 0) is 17.7 Å². The predicted octanol–water partition coefficient (Wildman–Crippen LogP) is 3.61. The van der Waals surface area contributed by atoms with Gasteiger partial charge in [0.2, 0.25) is 0 Å². The van der Waals surface area contributed by atoms with E-state index in [1.54, 1.807) is 12.1 Å². The zero-order chi connectivity index (χ0) is 14.8. The number of nitrogens with two attached hydrogens (primary N) is 1. The predicted molar refractivity (Wildman–Crippen MR) is 82.7 cm³/mol. The Bertz CT molecular complexity index is 843. The third-order valence-corrected chi connectivity index (χ3v) is 3.44. The van der Waals surface area contributed by atoms with Crippen LogP contribution < -0.4 is 16.1 Å². The fourth-order valence-corrected chi connectivity index (χ4v) is 2.29. The third kappa shape index (κ3) is 2.71. The number of nitrogen functional groups attached to an aromatic ring is 1. The molecule has 0 saturated heterocycles. The van der Waals surface area contributed by atoms with Gasteiger partial charge in [0.1, 0.15) is 11.6 Å². The van der Waals surface area contributed by atoms with Gasteiger partial charge in [-0.2, -0.15) is 0 Å². The van der Waals surface area contributed by atoms with Crippen LogP contribution in [0.3, 0.4) is 0 Å². The molecule has 2 N–H and O–H groups in total. The van der Waals surface area contributed by atoms with Gasteiger partial charge in [-0.25, -0.2) is 4.79 Å². The van der Waals surface area contributed by atoms with Gasteiger partial charge >= 0.3 is 11.6 Å². The molecule has 0 unspecified atom stereocenters. The molecule has 5 heteroatoms. The summed E-state index contributed by atoms with van der Waals surface area (Å²) in [6.45, 7) is 0.268. The van der Waals surface area contributed by atoms with Crippen molar-refractivity contribution in [3.8, 4) is 5.95 Å². The van der Waals surface area contributed by atoms with Crippen molar-refractivity contribution in [3.05, 3.63) is 69.5 Å². The molecule has 2 aromatic carbocycles. The van der Waals surface area contributed by atoms with Gasteiger partial charge < -0.3 is 14.9 Å². The maximum atomic E-state index is 12.0. The van der Waals surface area contributed by atoms with Crippen molar-refractivity contribution >= 4 is 28.1 Å². The largest absolute Gasteiger partial charge is 0.459 e. The van der Waals surface area contributed by atoms with E-state index in [0.29, 0.717) is 16.5 Å². The van der Waals surface area contributed by atoms with Crippen LogP contribution in [0, 0.1) is 0 Å². The van der Waals surface area contributed by atoms with Crippen LogP contribution in [0.2, 0.25) is 5.02 Å². The Kier molecular flexibility index (Phi) is 3.54. The summed E-state index contributed by atoms with van der Waals surface area (Å²) in [5.74, 6) is 0.0165. The maximum Gasteiger partial charge on any atom is 0.346 e.